The van der Waals surface area contributed by atoms with E-state index in [4.69, 9.17) is 23.8 Å². The van der Waals surface area contributed by atoms with E-state index in [1.807, 2.05) is 13.0 Å². The number of carbonyl (C=O) groups excluding carboxylic acids is 1. The molecule has 3 heterocycles. The number of fused-ring (bicyclic) bond motifs is 1. The average molecular weight is 447 g/mol. The molecule has 0 atom stereocenters. The summed E-state index contributed by atoms with van der Waals surface area (Å²) in [5, 5.41) is 7.95. The zero-order valence-corrected chi connectivity index (χ0v) is 17.6. The summed E-state index contributed by atoms with van der Waals surface area (Å²) >= 11 is 12.6. The number of hydrogen-bond acceptors (Lipinski definition) is 6. The minimum absolute atomic E-state index is 0.123. The molecule has 11 heteroatoms. The number of amides is 1. The fourth-order valence-corrected chi connectivity index (χ4v) is 4.07. The molecule has 148 valence electrons. The summed E-state index contributed by atoms with van der Waals surface area (Å²) in [4.78, 5) is 31.2. The molecule has 0 aliphatic carbocycles. The van der Waals surface area contributed by atoms with Gasteiger partial charge in [-0.3, -0.25) is 24.7 Å². The average Bonchev–Trinajstić information content (AvgIpc) is 3.29. The number of nitrogens with zero attached hydrogens (tertiary/aromatic N) is 4. The molecule has 4 rings (SSSR count). The van der Waals surface area contributed by atoms with Crippen LogP contribution in [-0.4, -0.2) is 30.3 Å². The first-order chi connectivity index (χ1) is 14.0. The highest BCUT2D eigenvalue weighted by Crippen LogP contribution is 2.21. The summed E-state index contributed by atoms with van der Waals surface area (Å²) < 4.78 is 2.92. The normalized spacial score (nSPS) is 11.1. The van der Waals surface area contributed by atoms with E-state index in [1.54, 1.807) is 28.8 Å². The zero-order chi connectivity index (χ0) is 20.5. The van der Waals surface area contributed by atoms with E-state index < -0.39 is 5.91 Å². The number of benzene rings is 1. The van der Waals surface area contributed by atoms with Gasteiger partial charge in [-0.25, -0.2) is 9.66 Å². The largest absolute Gasteiger partial charge is 0.291 e. The van der Waals surface area contributed by atoms with E-state index in [0.717, 1.165) is 21.5 Å². The lowest BCUT2D eigenvalue weighted by atomic mass is 10.2. The Hall–Kier alpha value is -2.82. The van der Waals surface area contributed by atoms with Crippen molar-refractivity contribution in [2.24, 2.45) is 0 Å². The Morgan fingerprint density at radius 2 is 2.10 bits per heavy atom. The molecule has 1 amide bonds. The predicted molar refractivity (Wildman–Crippen MR) is 115 cm³/mol. The van der Waals surface area contributed by atoms with Crippen molar-refractivity contribution in [2.45, 2.75) is 19.9 Å². The van der Waals surface area contributed by atoms with Gasteiger partial charge in [-0.05, 0) is 49.0 Å². The number of aromatic nitrogens is 5. The van der Waals surface area contributed by atoms with Gasteiger partial charge in [-0.2, -0.15) is 5.10 Å². The van der Waals surface area contributed by atoms with E-state index in [2.05, 4.69) is 20.6 Å². The Balaban J connectivity index is 1.60. The molecule has 0 saturated heterocycles. The van der Waals surface area contributed by atoms with Crippen molar-refractivity contribution in [3.63, 3.8) is 0 Å². The Labute approximate surface area is 178 Å². The van der Waals surface area contributed by atoms with Crippen molar-refractivity contribution < 1.29 is 4.79 Å². The van der Waals surface area contributed by atoms with Crippen LogP contribution in [0.4, 0.5) is 0 Å². The van der Waals surface area contributed by atoms with Crippen molar-refractivity contribution in [1.82, 2.24) is 24.4 Å². The number of H-pyrrole nitrogens is 1. The molecular formula is C18H15ClN6O2S2. The lowest BCUT2D eigenvalue weighted by Crippen LogP contribution is -2.35. The van der Waals surface area contributed by atoms with Gasteiger partial charge in [-0.15, -0.1) is 11.3 Å². The Morgan fingerprint density at radius 3 is 2.83 bits per heavy atom. The minimum atomic E-state index is -0.438. The first-order valence-corrected chi connectivity index (χ1v) is 10.3. The van der Waals surface area contributed by atoms with Gasteiger partial charge in [0.05, 0.1) is 5.39 Å². The van der Waals surface area contributed by atoms with Crippen LogP contribution >= 0.6 is 35.2 Å². The lowest BCUT2D eigenvalue weighted by molar-refractivity contribution is -0.117. The fraction of sp³-hybridized carbons (Fsp3) is 0.167. The maximum absolute atomic E-state index is 12.6. The third-order valence-corrected chi connectivity index (χ3v) is 6.01. The molecule has 0 fully saturated rings. The Bertz CT molecular complexity index is 1320. The number of carbonyl (C=O) groups is 1. The van der Waals surface area contributed by atoms with Gasteiger partial charge in [0.1, 0.15) is 17.7 Å². The number of thiophene rings is 1. The second kappa shape index (κ2) is 7.90. The molecule has 0 saturated carbocycles. The molecule has 0 aliphatic rings. The Morgan fingerprint density at radius 1 is 1.34 bits per heavy atom. The SMILES string of the molecule is CCc1cc2c(=O)n(NC(=O)Cn3c(-c4ccc(Cl)cc4)n[nH]c3=S)cnc2s1. The molecule has 29 heavy (non-hydrogen) atoms. The van der Waals surface area contributed by atoms with Crippen LogP contribution < -0.4 is 11.0 Å². The van der Waals surface area contributed by atoms with Crippen molar-refractivity contribution in [1.29, 1.82) is 0 Å². The predicted octanol–water partition coefficient (Wildman–Crippen LogP) is 3.37. The van der Waals surface area contributed by atoms with Gasteiger partial charge in [0.2, 0.25) is 0 Å². The molecule has 1 aromatic carbocycles. The first kappa shape index (κ1) is 19.5. The standard InChI is InChI=1S/C18H15ClN6O2S2/c1-2-12-7-13-16(29-12)20-9-25(17(13)27)23-14(26)8-24-15(21-22-18(24)28)10-3-5-11(19)6-4-10/h3-7,9H,2,8H2,1H3,(H,22,28)(H,23,26). The number of rotatable bonds is 5. The van der Waals surface area contributed by atoms with E-state index in [1.165, 1.54) is 17.7 Å². The smallest absolute Gasteiger partial charge is 0.280 e. The molecule has 3 aromatic heterocycles. The first-order valence-electron chi connectivity index (χ1n) is 8.67. The lowest BCUT2D eigenvalue weighted by Gasteiger charge is -2.09. The van der Waals surface area contributed by atoms with Gasteiger partial charge in [-0.1, -0.05) is 18.5 Å². The van der Waals surface area contributed by atoms with Crippen LogP contribution in [0.25, 0.3) is 21.6 Å². The molecular weight excluding hydrogens is 432 g/mol. The molecule has 0 bridgehead atoms. The Kier molecular flexibility index (Phi) is 5.31. The fourth-order valence-electron chi connectivity index (χ4n) is 2.82. The number of nitrogens with one attached hydrogen (secondary N) is 2. The maximum atomic E-state index is 12.6. The molecule has 0 unspecified atom stereocenters. The summed E-state index contributed by atoms with van der Waals surface area (Å²) in [7, 11) is 0. The van der Waals surface area contributed by atoms with Gasteiger partial charge < -0.3 is 0 Å². The van der Waals surface area contributed by atoms with Crippen molar-refractivity contribution >= 4 is 51.3 Å². The zero-order valence-electron chi connectivity index (χ0n) is 15.2. The van der Waals surface area contributed by atoms with Crippen LogP contribution in [-0.2, 0) is 17.8 Å². The van der Waals surface area contributed by atoms with Crippen LogP contribution in [0.3, 0.4) is 0 Å². The summed E-state index contributed by atoms with van der Waals surface area (Å²) in [6.45, 7) is 1.89. The number of aromatic amines is 1. The summed E-state index contributed by atoms with van der Waals surface area (Å²) in [5.74, 6) is 0.0556. The molecule has 2 N–H and O–H groups in total. The number of hydrogen-bond donors (Lipinski definition) is 2. The summed E-state index contributed by atoms with van der Waals surface area (Å²) in [6.07, 6.45) is 2.13. The highest BCUT2D eigenvalue weighted by atomic mass is 35.5. The van der Waals surface area contributed by atoms with E-state index in [-0.39, 0.29) is 16.9 Å². The van der Waals surface area contributed by atoms with E-state index >= 15 is 0 Å². The van der Waals surface area contributed by atoms with Crippen LogP contribution in [0.5, 0.6) is 0 Å². The van der Waals surface area contributed by atoms with Gasteiger partial charge in [0.15, 0.2) is 10.6 Å². The van der Waals surface area contributed by atoms with Crippen molar-refractivity contribution in [3.8, 4) is 11.4 Å². The van der Waals surface area contributed by atoms with E-state index in [0.29, 0.717) is 21.1 Å². The quantitative estimate of drug-likeness (QED) is 0.458. The minimum Gasteiger partial charge on any atom is -0.291 e. The molecule has 0 spiro atoms. The second-order valence-electron chi connectivity index (χ2n) is 6.19. The van der Waals surface area contributed by atoms with Crippen LogP contribution in [0.15, 0.2) is 41.5 Å². The molecule has 0 aliphatic heterocycles. The van der Waals surface area contributed by atoms with E-state index in [9.17, 15) is 9.59 Å². The highest BCUT2D eigenvalue weighted by molar-refractivity contribution is 7.71. The van der Waals surface area contributed by atoms with Gasteiger partial charge in [0.25, 0.3) is 11.5 Å². The summed E-state index contributed by atoms with van der Waals surface area (Å²) in [5.41, 5.74) is 2.98. The van der Waals surface area contributed by atoms with Gasteiger partial charge >= 0.3 is 0 Å². The van der Waals surface area contributed by atoms with Crippen LogP contribution in [0.2, 0.25) is 5.02 Å². The maximum Gasteiger partial charge on any atom is 0.280 e. The van der Waals surface area contributed by atoms with Crippen LogP contribution in [0.1, 0.15) is 11.8 Å². The number of halogens is 1. The van der Waals surface area contributed by atoms with Crippen molar-refractivity contribution in [2.75, 3.05) is 5.43 Å². The second-order valence-corrected chi connectivity index (χ2v) is 8.12. The van der Waals surface area contributed by atoms with Crippen molar-refractivity contribution in [3.05, 3.63) is 61.7 Å². The molecule has 0 radical (unpaired) electrons. The monoisotopic (exact) mass is 446 g/mol. The molecule has 4 aromatic rings. The third kappa shape index (κ3) is 3.86. The number of aryl methyl sites for hydroxylation is 1. The summed E-state index contributed by atoms with van der Waals surface area (Å²) in [6, 6.07) is 8.83. The highest BCUT2D eigenvalue weighted by Gasteiger charge is 2.14. The topological polar surface area (TPSA) is 97.6 Å². The third-order valence-electron chi connectivity index (χ3n) is 4.26. The molecule has 8 nitrogen and oxygen atoms in total. The van der Waals surface area contributed by atoms with Crippen LogP contribution in [0, 0.1) is 4.77 Å². The van der Waals surface area contributed by atoms with Gasteiger partial charge in [0, 0.05) is 15.5 Å².